The SMILES string of the molecule is CCCCCCNC(=NC)NCc1cccnc1N1CCOCC1.I. The Morgan fingerprint density at radius 3 is 2.76 bits per heavy atom. The number of pyridine rings is 1. The van der Waals surface area contributed by atoms with Gasteiger partial charge in [0.15, 0.2) is 5.96 Å². The normalized spacial score (nSPS) is 14.8. The number of halogens is 1. The number of anilines is 1. The Bertz CT molecular complexity index is 506. The maximum absolute atomic E-state index is 5.43. The van der Waals surface area contributed by atoms with Crippen LogP contribution in [-0.4, -0.2) is 50.8 Å². The first-order chi connectivity index (χ1) is 11.8. The molecule has 0 bridgehead atoms. The molecule has 7 heteroatoms. The summed E-state index contributed by atoms with van der Waals surface area (Å²) in [5.41, 5.74) is 1.19. The molecule has 0 aromatic carbocycles. The van der Waals surface area contributed by atoms with Gasteiger partial charge in [0.25, 0.3) is 0 Å². The van der Waals surface area contributed by atoms with Crippen LogP contribution in [0.3, 0.4) is 0 Å². The molecular weight excluding hydrogens is 429 g/mol. The van der Waals surface area contributed by atoms with E-state index in [1.165, 1.54) is 31.2 Å². The summed E-state index contributed by atoms with van der Waals surface area (Å²) in [7, 11) is 1.81. The van der Waals surface area contributed by atoms with Crippen LogP contribution in [0.5, 0.6) is 0 Å². The third-order valence-electron chi connectivity index (χ3n) is 4.17. The highest BCUT2D eigenvalue weighted by Crippen LogP contribution is 2.18. The van der Waals surface area contributed by atoms with Gasteiger partial charge in [-0.3, -0.25) is 4.99 Å². The number of hydrogen-bond donors (Lipinski definition) is 2. The Morgan fingerprint density at radius 2 is 2.04 bits per heavy atom. The molecule has 0 radical (unpaired) electrons. The highest BCUT2D eigenvalue weighted by Gasteiger charge is 2.15. The quantitative estimate of drug-likeness (QED) is 0.270. The first-order valence-electron chi connectivity index (χ1n) is 9.06. The molecule has 2 heterocycles. The van der Waals surface area contributed by atoms with E-state index in [1.54, 1.807) is 0 Å². The Balaban J connectivity index is 0.00000312. The van der Waals surface area contributed by atoms with Gasteiger partial charge in [-0.2, -0.15) is 0 Å². The van der Waals surface area contributed by atoms with Crippen LogP contribution >= 0.6 is 24.0 Å². The molecule has 2 N–H and O–H groups in total. The standard InChI is InChI=1S/C18H31N5O.HI/c1-3-4-5-6-9-21-18(19-2)22-15-16-8-7-10-20-17(16)23-11-13-24-14-12-23;/h7-8,10H,3-6,9,11-15H2,1-2H3,(H2,19,21,22);1H. The number of nitrogens with zero attached hydrogens (tertiary/aromatic N) is 3. The fraction of sp³-hybridized carbons (Fsp3) is 0.667. The second-order valence-electron chi connectivity index (χ2n) is 6.00. The number of nitrogens with one attached hydrogen (secondary N) is 2. The van der Waals surface area contributed by atoms with E-state index >= 15 is 0 Å². The summed E-state index contributed by atoms with van der Waals surface area (Å²) < 4.78 is 5.43. The van der Waals surface area contributed by atoms with Crippen LogP contribution in [-0.2, 0) is 11.3 Å². The van der Waals surface area contributed by atoms with E-state index < -0.39 is 0 Å². The van der Waals surface area contributed by atoms with Gasteiger partial charge in [-0.05, 0) is 12.5 Å². The Kier molecular flexibility index (Phi) is 11.6. The first kappa shape index (κ1) is 22.0. The van der Waals surface area contributed by atoms with Crippen LogP contribution in [0, 0.1) is 0 Å². The van der Waals surface area contributed by atoms with E-state index in [4.69, 9.17) is 4.74 Å². The summed E-state index contributed by atoms with van der Waals surface area (Å²) in [4.78, 5) is 11.2. The van der Waals surface area contributed by atoms with Crippen LogP contribution in [0.15, 0.2) is 23.3 Å². The monoisotopic (exact) mass is 461 g/mol. The zero-order valence-electron chi connectivity index (χ0n) is 15.5. The topological polar surface area (TPSA) is 61.8 Å². The average Bonchev–Trinajstić information content (AvgIpc) is 2.65. The number of ether oxygens (including phenoxy) is 1. The third kappa shape index (κ3) is 7.77. The predicted molar refractivity (Wildman–Crippen MR) is 115 cm³/mol. The number of aromatic nitrogens is 1. The lowest BCUT2D eigenvalue weighted by Gasteiger charge is -2.29. The maximum atomic E-state index is 5.43. The summed E-state index contributed by atoms with van der Waals surface area (Å²) >= 11 is 0. The molecule has 1 aliphatic rings. The first-order valence-corrected chi connectivity index (χ1v) is 9.06. The van der Waals surface area contributed by atoms with Crippen LogP contribution in [0.25, 0.3) is 0 Å². The summed E-state index contributed by atoms with van der Waals surface area (Å²) in [6.45, 7) is 7.24. The molecule has 1 aromatic rings. The largest absolute Gasteiger partial charge is 0.378 e. The van der Waals surface area contributed by atoms with Crippen molar-refractivity contribution in [2.75, 3.05) is 44.8 Å². The summed E-state index contributed by atoms with van der Waals surface area (Å²) in [5.74, 6) is 1.90. The molecule has 0 amide bonds. The lowest BCUT2D eigenvalue weighted by atomic mass is 10.2. The molecule has 0 saturated carbocycles. The van der Waals surface area contributed by atoms with Gasteiger partial charge in [0, 0.05) is 45.0 Å². The molecule has 1 aliphatic heterocycles. The van der Waals surface area contributed by atoms with E-state index in [0.717, 1.165) is 51.2 Å². The number of aliphatic imine (C=N–C) groups is 1. The maximum Gasteiger partial charge on any atom is 0.191 e. The van der Waals surface area contributed by atoms with Gasteiger partial charge in [0.2, 0.25) is 0 Å². The van der Waals surface area contributed by atoms with Crippen molar-refractivity contribution in [3.8, 4) is 0 Å². The molecule has 1 fully saturated rings. The van der Waals surface area contributed by atoms with Gasteiger partial charge in [0.1, 0.15) is 5.82 Å². The summed E-state index contributed by atoms with van der Waals surface area (Å²) in [6.07, 6.45) is 6.87. The van der Waals surface area contributed by atoms with Gasteiger partial charge >= 0.3 is 0 Å². The molecule has 0 unspecified atom stereocenters. The van der Waals surface area contributed by atoms with Crippen molar-refractivity contribution in [3.05, 3.63) is 23.9 Å². The molecule has 6 nitrogen and oxygen atoms in total. The van der Waals surface area contributed by atoms with Gasteiger partial charge in [-0.1, -0.05) is 32.3 Å². The fourth-order valence-corrected chi connectivity index (χ4v) is 2.79. The van der Waals surface area contributed by atoms with Gasteiger partial charge in [-0.25, -0.2) is 4.98 Å². The van der Waals surface area contributed by atoms with E-state index in [2.05, 4.69) is 38.5 Å². The summed E-state index contributed by atoms with van der Waals surface area (Å²) in [6, 6.07) is 4.11. The van der Waals surface area contributed by atoms with Crippen molar-refractivity contribution >= 4 is 35.8 Å². The molecule has 142 valence electrons. The van der Waals surface area contributed by atoms with Crippen molar-refractivity contribution < 1.29 is 4.74 Å². The molecule has 25 heavy (non-hydrogen) atoms. The van der Waals surface area contributed by atoms with Gasteiger partial charge < -0.3 is 20.3 Å². The molecule has 1 saturated heterocycles. The predicted octanol–water partition coefficient (Wildman–Crippen LogP) is 2.78. The van der Waals surface area contributed by atoms with Crippen LogP contribution in [0.1, 0.15) is 38.2 Å². The van der Waals surface area contributed by atoms with Gasteiger partial charge in [-0.15, -0.1) is 24.0 Å². The smallest absolute Gasteiger partial charge is 0.191 e. The Hall–Kier alpha value is -1.09. The van der Waals surface area contributed by atoms with Crippen LogP contribution in [0.2, 0.25) is 0 Å². The lowest BCUT2D eigenvalue weighted by molar-refractivity contribution is 0.122. The van der Waals surface area contributed by atoms with Crippen LogP contribution < -0.4 is 15.5 Å². The summed E-state index contributed by atoms with van der Waals surface area (Å²) in [5, 5.41) is 6.78. The molecular formula is C18H32IN5O. The van der Waals surface area contributed by atoms with E-state index in [9.17, 15) is 0 Å². The molecule has 0 spiro atoms. The second-order valence-corrected chi connectivity index (χ2v) is 6.00. The van der Waals surface area contributed by atoms with Crippen molar-refractivity contribution in [1.29, 1.82) is 0 Å². The zero-order valence-corrected chi connectivity index (χ0v) is 17.8. The highest BCUT2D eigenvalue weighted by molar-refractivity contribution is 14.0. The number of rotatable bonds is 8. The number of unbranched alkanes of at least 4 members (excludes halogenated alkanes) is 3. The highest BCUT2D eigenvalue weighted by atomic mass is 127. The Labute approximate surface area is 168 Å². The lowest BCUT2D eigenvalue weighted by Crippen LogP contribution is -2.39. The van der Waals surface area contributed by atoms with Crippen molar-refractivity contribution in [3.63, 3.8) is 0 Å². The minimum Gasteiger partial charge on any atom is -0.378 e. The second kappa shape index (κ2) is 13.2. The number of hydrogen-bond acceptors (Lipinski definition) is 4. The molecule has 1 aromatic heterocycles. The molecule has 2 rings (SSSR count). The molecule has 0 atom stereocenters. The zero-order chi connectivity index (χ0) is 17.0. The van der Waals surface area contributed by atoms with Gasteiger partial charge in [0.05, 0.1) is 13.2 Å². The minimum absolute atomic E-state index is 0. The third-order valence-corrected chi connectivity index (χ3v) is 4.17. The van der Waals surface area contributed by atoms with E-state index in [0.29, 0.717) is 0 Å². The minimum atomic E-state index is 0. The van der Waals surface area contributed by atoms with Crippen molar-refractivity contribution in [2.24, 2.45) is 4.99 Å². The average molecular weight is 461 g/mol. The number of morpholine rings is 1. The number of guanidine groups is 1. The van der Waals surface area contributed by atoms with Crippen LogP contribution in [0.4, 0.5) is 5.82 Å². The fourth-order valence-electron chi connectivity index (χ4n) is 2.79. The van der Waals surface area contributed by atoms with Crippen molar-refractivity contribution in [2.45, 2.75) is 39.2 Å². The molecule has 0 aliphatic carbocycles. The van der Waals surface area contributed by atoms with E-state index in [-0.39, 0.29) is 24.0 Å². The van der Waals surface area contributed by atoms with E-state index in [1.807, 2.05) is 19.3 Å². The Morgan fingerprint density at radius 1 is 1.24 bits per heavy atom. The van der Waals surface area contributed by atoms with Crippen molar-refractivity contribution in [1.82, 2.24) is 15.6 Å².